The molecule has 5 rings (SSSR count). The number of hydrogen-bond acceptors (Lipinski definition) is 7. The van der Waals surface area contributed by atoms with Crippen LogP contribution < -0.4 is 14.4 Å². The summed E-state index contributed by atoms with van der Waals surface area (Å²) < 4.78 is 12.9. The van der Waals surface area contributed by atoms with Crippen LogP contribution in [0.1, 0.15) is 27.2 Å². The summed E-state index contributed by atoms with van der Waals surface area (Å²) in [4.78, 5) is 38.3. The van der Waals surface area contributed by atoms with E-state index in [-0.39, 0.29) is 18.9 Å². The Labute approximate surface area is 241 Å². The number of halogens is 1. The first-order chi connectivity index (χ1) is 19.9. The van der Waals surface area contributed by atoms with Crippen LogP contribution in [0.3, 0.4) is 0 Å². The molecule has 10 heteroatoms. The quantitative estimate of drug-likeness (QED) is 0.184. The van der Waals surface area contributed by atoms with Gasteiger partial charge in [0.2, 0.25) is 0 Å². The van der Waals surface area contributed by atoms with Gasteiger partial charge in [0.1, 0.15) is 12.3 Å². The third-order valence-corrected chi connectivity index (χ3v) is 6.55. The summed E-state index contributed by atoms with van der Waals surface area (Å²) in [5.74, 6) is -0.291. The van der Waals surface area contributed by atoms with Gasteiger partial charge in [-0.15, -0.1) is 5.10 Å². The normalized spacial score (nSPS) is 12.9. The fraction of sp³-hybridized carbons (Fsp3) is 0.129. The van der Waals surface area contributed by atoms with Crippen molar-refractivity contribution in [1.82, 2.24) is 15.0 Å². The van der Waals surface area contributed by atoms with Gasteiger partial charge in [-0.05, 0) is 53.6 Å². The number of amides is 1. The van der Waals surface area contributed by atoms with E-state index in [0.29, 0.717) is 40.0 Å². The summed E-state index contributed by atoms with van der Waals surface area (Å²) in [6, 6.07) is 19.8. The van der Waals surface area contributed by atoms with E-state index in [4.69, 9.17) is 21.1 Å². The van der Waals surface area contributed by atoms with Crippen molar-refractivity contribution < 1.29 is 23.9 Å². The zero-order valence-electron chi connectivity index (χ0n) is 22.1. The van der Waals surface area contributed by atoms with Gasteiger partial charge in [-0.1, -0.05) is 65.4 Å². The summed E-state index contributed by atoms with van der Waals surface area (Å²) in [7, 11) is 1.54. The molecule has 3 aromatic carbocycles. The maximum Gasteiger partial charge on any atom is 0.299 e. The summed E-state index contributed by atoms with van der Waals surface area (Å²) >= 11 is 5.97. The Morgan fingerprint density at radius 1 is 0.927 bits per heavy atom. The molecule has 0 saturated heterocycles. The maximum atomic E-state index is 12.4. The molecule has 206 valence electrons. The highest BCUT2D eigenvalue weighted by molar-refractivity contribution is 6.52. The largest absolute Gasteiger partial charge is 0.493 e. The Morgan fingerprint density at radius 3 is 2.49 bits per heavy atom. The van der Waals surface area contributed by atoms with E-state index in [9.17, 15) is 14.4 Å². The molecule has 0 N–H and O–H groups in total. The standard InChI is InChI=1S/C31H25ClN4O5/c1-40-29-17-22(8-12-25(37)11-7-21-5-3-2-4-6-21)9-14-28(29)41-20-24-19-35(34-33-24)15-16-36-27-13-10-23(32)18-26(27)30(38)31(36)39/h2-14,17-19H,15-16,20H2,1H3/b11-7+,12-8+. The highest BCUT2D eigenvalue weighted by Crippen LogP contribution is 2.31. The molecule has 0 fully saturated rings. The number of nitrogens with zero attached hydrogens (tertiary/aromatic N) is 4. The van der Waals surface area contributed by atoms with Crippen LogP contribution in [0.4, 0.5) is 5.69 Å². The molecule has 0 radical (unpaired) electrons. The predicted octanol–water partition coefficient (Wildman–Crippen LogP) is 5.04. The number of ketones is 2. The number of benzene rings is 3. The fourth-order valence-electron chi connectivity index (χ4n) is 4.25. The van der Waals surface area contributed by atoms with E-state index >= 15 is 0 Å². The Morgan fingerprint density at radius 2 is 1.71 bits per heavy atom. The van der Waals surface area contributed by atoms with Gasteiger partial charge in [-0.25, -0.2) is 0 Å². The van der Waals surface area contributed by atoms with Gasteiger partial charge >= 0.3 is 0 Å². The number of hydrogen-bond donors (Lipinski definition) is 0. The number of Topliss-reactive ketones (excluding diaryl/α,β-unsaturated/α-hetero) is 1. The van der Waals surface area contributed by atoms with Crippen LogP contribution in [0.2, 0.25) is 5.02 Å². The molecule has 0 aliphatic carbocycles. The number of aromatic nitrogens is 3. The van der Waals surface area contributed by atoms with Crippen molar-refractivity contribution in [3.05, 3.63) is 112 Å². The summed E-state index contributed by atoms with van der Waals surface area (Å²) in [5, 5.41) is 8.63. The number of rotatable bonds is 11. The summed E-state index contributed by atoms with van der Waals surface area (Å²) in [5.41, 5.74) is 3.14. The lowest BCUT2D eigenvalue weighted by molar-refractivity contribution is -0.114. The lowest BCUT2D eigenvalue weighted by Crippen LogP contribution is -2.32. The van der Waals surface area contributed by atoms with Crippen molar-refractivity contribution in [2.45, 2.75) is 13.2 Å². The monoisotopic (exact) mass is 568 g/mol. The lowest BCUT2D eigenvalue weighted by Gasteiger charge is -2.16. The molecule has 1 aliphatic rings. The molecule has 0 unspecified atom stereocenters. The van der Waals surface area contributed by atoms with Crippen molar-refractivity contribution in [2.75, 3.05) is 18.6 Å². The van der Waals surface area contributed by atoms with Crippen LogP contribution in [0.25, 0.3) is 12.2 Å². The maximum absolute atomic E-state index is 12.4. The molecule has 0 saturated carbocycles. The van der Waals surface area contributed by atoms with Gasteiger partial charge in [0, 0.05) is 11.6 Å². The fourth-order valence-corrected chi connectivity index (χ4v) is 4.42. The van der Waals surface area contributed by atoms with E-state index in [2.05, 4.69) is 10.3 Å². The van der Waals surface area contributed by atoms with Crippen LogP contribution in [0, 0.1) is 0 Å². The predicted molar refractivity (Wildman–Crippen MR) is 155 cm³/mol. The smallest absolute Gasteiger partial charge is 0.299 e. The second kappa shape index (κ2) is 12.4. The number of carbonyl (C=O) groups is 3. The molecular weight excluding hydrogens is 544 g/mol. The number of anilines is 1. The first-order valence-electron chi connectivity index (χ1n) is 12.7. The molecule has 0 spiro atoms. The van der Waals surface area contributed by atoms with Gasteiger partial charge in [0.05, 0.1) is 31.1 Å². The van der Waals surface area contributed by atoms with Crippen molar-refractivity contribution >= 4 is 46.9 Å². The molecule has 4 aromatic rings. The highest BCUT2D eigenvalue weighted by Gasteiger charge is 2.35. The van der Waals surface area contributed by atoms with Crippen LogP contribution in [0.15, 0.2) is 85.1 Å². The van der Waals surface area contributed by atoms with Crippen LogP contribution in [-0.4, -0.2) is 46.1 Å². The number of methoxy groups -OCH3 is 1. The van der Waals surface area contributed by atoms with E-state index in [0.717, 1.165) is 11.1 Å². The molecule has 1 amide bonds. The lowest BCUT2D eigenvalue weighted by atomic mass is 10.1. The molecule has 0 bridgehead atoms. The number of fused-ring (bicyclic) bond motifs is 1. The van der Waals surface area contributed by atoms with E-state index in [1.165, 1.54) is 30.2 Å². The molecule has 1 aromatic heterocycles. The summed E-state index contributed by atoms with van der Waals surface area (Å²) in [6.07, 6.45) is 8.20. The third kappa shape index (κ3) is 6.59. The van der Waals surface area contributed by atoms with Crippen molar-refractivity contribution in [1.29, 1.82) is 0 Å². The van der Waals surface area contributed by atoms with Gasteiger partial charge in [0.15, 0.2) is 17.3 Å². The molecule has 0 atom stereocenters. The summed E-state index contributed by atoms with van der Waals surface area (Å²) in [6.45, 7) is 0.713. The van der Waals surface area contributed by atoms with E-state index < -0.39 is 11.7 Å². The Kier molecular flexibility index (Phi) is 8.36. The minimum absolute atomic E-state index is 0.134. The average molecular weight is 569 g/mol. The van der Waals surface area contributed by atoms with Crippen LogP contribution in [0.5, 0.6) is 11.5 Å². The second-order valence-corrected chi connectivity index (χ2v) is 9.54. The zero-order chi connectivity index (χ0) is 28.8. The van der Waals surface area contributed by atoms with Crippen molar-refractivity contribution in [3.8, 4) is 11.5 Å². The van der Waals surface area contributed by atoms with E-state index in [1.807, 2.05) is 36.4 Å². The minimum Gasteiger partial charge on any atom is -0.493 e. The number of ether oxygens (including phenoxy) is 2. The Bertz CT molecular complexity index is 1660. The molecule has 1 aliphatic heterocycles. The highest BCUT2D eigenvalue weighted by atomic mass is 35.5. The van der Waals surface area contributed by atoms with Crippen LogP contribution >= 0.6 is 11.6 Å². The molecule has 9 nitrogen and oxygen atoms in total. The van der Waals surface area contributed by atoms with Crippen molar-refractivity contribution in [2.24, 2.45) is 0 Å². The minimum atomic E-state index is -0.593. The first kappa shape index (κ1) is 27.5. The zero-order valence-corrected chi connectivity index (χ0v) is 22.8. The number of allylic oxidation sites excluding steroid dienone is 2. The first-order valence-corrected chi connectivity index (χ1v) is 13.1. The number of carbonyl (C=O) groups excluding carboxylic acids is 3. The molecular formula is C31H25ClN4O5. The van der Waals surface area contributed by atoms with Crippen molar-refractivity contribution in [3.63, 3.8) is 0 Å². The van der Waals surface area contributed by atoms with E-state index in [1.54, 1.807) is 47.3 Å². The topological polar surface area (TPSA) is 104 Å². The Hall–Kier alpha value is -5.02. The van der Waals surface area contributed by atoms with Gasteiger partial charge in [0.25, 0.3) is 11.7 Å². The van der Waals surface area contributed by atoms with Crippen LogP contribution in [-0.2, 0) is 22.7 Å². The Balaban J connectivity index is 1.16. The average Bonchev–Trinajstić information content (AvgIpc) is 3.54. The third-order valence-electron chi connectivity index (χ3n) is 6.32. The SMILES string of the molecule is COc1cc(/C=C/C(=O)/C=C/c2ccccc2)ccc1OCc1cn(CCN2C(=O)C(=O)c3cc(Cl)ccc32)nn1. The van der Waals surface area contributed by atoms with Gasteiger partial charge in [-0.2, -0.15) is 0 Å². The second-order valence-electron chi connectivity index (χ2n) is 9.10. The molecule has 2 heterocycles. The van der Waals surface area contributed by atoms with Gasteiger partial charge < -0.3 is 14.4 Å². The van der Waals surface area contributed by atoms with Gasteiger partial charge in [-0.3, -0.25) is 19.1 Å². The molecule has 41 heavy (non-hydrogen) atoms.